The number of urea groups is 1. The lowest BCUT2D eigenvalue weighted by Gasteiger charge is -2.26. The van der Waals surface area contributed by atoms with Crippen LogP contribution in [0.5, 0.6) is 17.2 Å². The zero-order chi connectivity index (χ0) is 19.8. The number of fused-ring (bicyclic) bond motifs is 1. The molecule has 4 rings (SSSR count). The number of ether oxygens (including phenoxy) is 3. The van der Waals surface area contributed by atoms with Crippen LogP contribution in [0.15, 0.2) is 46.4 Å². The molecule has 2 aromatic carbocycles. The number of halogens is 1. The fraction of sp³-hybridized carbons (Fsp3) is 0.105. The normalized spacial score (nSPS) is 17.1. The molecule has 0 aliphatic carbocycles. The van der Waals surface area contributed by atoms with E-state index in [4.69, 9.17) is 14.2 Å². The molecule has 0 unspecified atom stereocenters. The van der Waals surface area contributed by atoms with Crippen molar-refractivity contribution in [2.45, 2.75) is 0 Å². The average molecular weight is 445 g/mol. The highest BCUT2D eigenvalue weighted by Crippen LogP contribution is 2.38. The molecule has 0 radical (unpaired) electrons. The van der Waals surface area contributed by atoms with Gasteiger partial charge in [-0.2, -0.15) is 0 Å². The van der Waals surface area contributed by atoms with Crippen LogP contribution in [0.25, 0.3) is 6.08 Å². The molecule has 2 aliphatic heterocycles. The smallest absolute Gasteiger partial charge is 0.335 e. The van der Waals surface area contributed by atoms with E-state index in [0.717, 1.165) is 4.90 Å². The van der Waals surface area contributed by atoms with Crippen molar-refractivity contribution in [1.82, 2.24) is 5.32 Å². The third-order valence-corrected chi connectivity index (χ3v) is 4.91. The van der Waals surface area contributed by atoms with Gasteiger partial charge in [0.1, 0.15) is 11.3 Å². The van der Waals surface area contributed by atoms with Gasteiger partial charge in [0.2, 0.25) is 6.79 Å². The third-order valence-electron chi connectivity index (χ3n) is 4.22. The molecule has 0 spiro atoms. The molecule has 2 aliphatic rings. The van der Waals surface area contributed by atoms with Crippen LogP contribution in [0.4, 0.5) is 10.5 Å². The van der Waals surface area contributed by atoms with Crippen molar-refractivity contribution in [3.8, 4) is 17.2 Å². The fourth-order valence-electron chi connectivity index (χ4n) is 2.82. The highest BCUT2D eigenvalue weighted by atomic mass is 79.9. The first kappa shape index (κ1) is 18.1. The Labute approximate surface area is 167 Å². The van der Waals surface area contributed by atoms with Gasteiger partial charge in [0, 0.05) is 4.47 Å². The molecule has 1 fully saturated rings. The summed E-state index contributed by atoms with van der Waals surface area (Å²) in [4.78, 5) is 38.4. The van der Waals surface area contributed by atoms with Gasteiger partial charge in [-0.3, -0.25) is 14.9 Å². The SMILES string of the molecule is COc1ccc(N2C(=O)NC(=O)/C(=C/c3cc4c(cc3Br)OCO4)C2=O)cc1. The molecule has 0 saturated carbocycles. The predicted octanol–water partition coefficient (Wildman–Crippen LogP) is 2.85. The van der Waals surface area contributed by atoms with Crippen LogP contribution in [-0.2, 0) is 9.59 Å². The van der Waals surface area contributed by atoms with Crippen molar-refractivity contribution in [2.24, 2.45) is 0 Å². The highest BCUT2D eigenvalue weighted by Gasteiger charge is 2.37. The van der Waals surface area contributed by atoms with Gasteiger partial charge in [-0.1, -0.05) is 15.9 Å². The first-order valence-electron chi connectivity index (χ1n) is 8.12. The summed E-state index contributed by atoms with van der Waals surface area (Å²) < 4.78 is 16.3. The zero-order valence-corrected chi connectivity index (χ0v) is 16.1. The number of methoxy groups -OCH3 is 1. The molecule has 2 aromatic rings. The largest absolute Gasteiger partial charge is 0.497 e. The summed E-state index contributed by atoms with van der Waals surface area (Å²) in [5, 5.41) is 2.19. The van der Waals surface area contributed by atoms with Gasteiger partial charge in [0.25, 0.3) is 11.8 Å². The summed E-state index contributed by atoms with van der Waals surface area (Å²) in [5.41, 5.74) is 0.660. The Morgan fingerprint density at radius 1 is 1.11 bits per heavy atom. The molecule has 2 heterocycles. The monoisotopic (exact) mass is 444 g/mol. The third kappa shape index (κ3) is 3.09. The number of anilines is 1. The molecule has 0 atom stereocenters. The Balaban J connectivity index is 1.72. The van der Waals surface area contributed by atoms with Gasteiger partial charge < -0.3 is 14.2 Å². The number of carbonyl (C=O) groups excluding carboxylic acids is 3. The van der Waals surface area contributed by atoms with E-state index in [9.17, 15) is 14.4 Å². The average Bonchev–Trinajstić information content (AvgIpc) is 3.12. The van der Waals surface area contributed by atoms with Gasteiger partial charge in [0.05, 0.1) is 12.8 Å². The second kappa shape index (κ2) is 7.01. The Bertz CT molecular complexity index is 1030. The van der Waals surface area contributed by atoms with Gasteiger partial charge in [-0.05, 0) is 48.0 Å². The Hall–Kier alpha value is -3.33. The maximum atomic E-state index is 12.9. The van der Waals surface area contributed by atoms with Crippen LogP contribution in [0, 0.1) is 0 Å². The van der Waals surface area contributed by atoms with Crippen LogP contribution in [0.2, 0.25) is 0 Å². The molecule has 8 nitrogen and oxygen atoms in total. The van der Waals surface area contributed by atoms with Crippen molar-refractivity contribution in [1.29, 1.82) is 0 Å². The van der Waals surface area contributed by atoms with E-state index in [1.807, 2.05) is 0 Å². The number of nitrogens with one attached hydrogen (secondary N) is 1. The summed E-state index contributed by atoms with van der Waals surface area (Å²) in [5.74, 6) is 0.128. The minimum atomic E-state index is -0.818. The van der Waals surface area contributed by atoms with E-state index in [2.05, 4.69) is 21.2 Å². The van der Waals surface area contributed by atoms with E-state index in [1.54, 1.807) is 36.4 Å². The molecule has 9 heteroatoms. The van der Waals surface area contributed by atoms with E-state index in [1.165, 1.54) is 13.2 Å². The van der Waals surface area contributed by atoms with Crippen LogP contribution in [0.1, 0.15) is 5.56 Å². The lowest BCUT2D eigenvalue weighted by atomic mass is 10.1. The second-order valence-corrected chi connectivity index (χ2v) is 6.74. The number of imide groups is 2. The molecule has 4 amide bonds. The Morgan fingerprint density at radius 3 is 2.46 bits per heavy atom. The van der Waals surface area contributed by atoms with Gasteiger partial charge in [-0.15, -0.1) is 0 Å². The zero-order valence-electron chi connectivity index (χ0n) is 14.5. The molecular weight excluding hydrogens is 432 g/mol. The maximum absolute atomic E-state index is 12.9. The number of hydrogen-bond donors (Lipinski definition) is 1. The molecule has 1 N–H and O–H groups in total. The number of barbiturate groups is 1. The number of amides is 4. The summed E-state index contributed by atoms with van der Waals surface area (Å²) in [7, 11) is 1.51. The molecule has 0 aromatic heterocycles. The van der Waals surface area contributed by atoms with Crippen molar-refractivity contribution < 1.29 is 28.6 Å². The minimum Gasteiger partial charge on any atom is -0.497 e. The molecule has 0 bridgehead atoms. The van der Waals surface area contributed by atoms with Crippen LogP contribution in [0.3, 0.4) is 0 Å². The number of rotatable bonds is 3. The van der Waals surface area contributed by atoms with E-state index >= 15 is 0 Å². The first-order valence-corrected chi connectivity index (χ1v) is 8.92. The van der Waals surface area contributed by atoms with Crippen LogP contribution in [-0.4, -0.2) is 31.7 Å². The Morgan fingerprint density at radius 2 is 1.79 bits per heavy atom. The van der Waals surface area contributed by atoms with Crippen molar-refractivity contribution in [3.63, 3.8) is 0 Å². The van der Waals surface area contributed by atoms with Gasteiger partial charge in [-0.25, -0.2) is 9.69 Å². The summed E-state index contributed by atoms with van der Waals surface area (Å²) in [6.07, 6.45) is 1.40. The lowest BCUT2D eigenvalue weighted by Crippen LogP contribution is -2.54. The molecule has 1 saturated heterocycles. The first-order chi connectivity index (χ1) is 13.5. The summed E-state index contributed by atoms with van der Waals surface area (Å²) in [6.45, 7) is 0.0982. The predicted molar refractivity (Wildman–Crippen MR) is 102 cm³/mol. The van der Waals surface area contributed by atoms with Crippen molar-refractivity contribution >= 4 is 45.5 Å². The summed E-state index contributed by atoms with van der Waals surface area (Å²) in [6, 6.07) is 8.86. The van der Waals surface area contributed by atoms with Crippen LogP contribution < -0.4 is 24.4 Å². The highest BCUT2D eigenvalue weighted by molar-refractivity contribution is 9.10. The fourth-order valence-corrected chi connectivity index (χ4v) is 3.26. The number of benzene rings is 2. The number of hydrogen-bond acceptors (Lipinski definition) is 6. The molecular formula is C19H13BrN2O6. The summed E-state index contributed by atoms with van der Waals surface area (Å²) >= 11 is 3.39. The maximum Gasteiger partial charge on any atom is 0.335 e. The molecule has 28 heavy (non-hydrogen) atoms. The number of carbonyl (C=O) groups is 3. The van der Waals surface area contributed by atoms with Gasteiger partial charge >= 0.3 is 6.03 Å². The second-order valence-electron chi connectivity index (χ2n) is 5.88. The van der Waals surface area contributed by atoms with Gasteiger partial charge in [0.15, 0.2) is 11.5 Å². The topological polar surface area (TPSA) is 94.2 Å². The van der Waals surface area contributed by atoms with E-state index in [-0.39, 0.29) is 12.4 Å². The minimum absolute atomic E-state index is 0.0982. The van der Waals surface area contributed by atoms with Crippen molar-refractivity contribution in [3.05, 3.63) is 52.0 Å². The van der Waals surface area contributed by atoms with E-state index < -0.39 is 17.8 Å². The Kier molecular flexibility index (Phi) is 4.52. The van der Waals surface area contributed by atoms with Crippen molar-refractivity contribution in [2.75, 3.05) is 18.8 Å². The molecule has 142 valence electrons. The standard InChI is InChI=1S/C19H13BrN2O6/c1-26-12-4-2-11(3-5-12)22-18(24)13(17(23)21-19(22)25)6-10-7-15-16(8-14(10)20)28-9-27-15/h2-8H,9H2,1H3,(H,21,23,25)/b13-6-. The quantitative estimate of drug-likeness (QED) is 0.577. The van der Waals surface area contributed by atoms with E-state index in [0.29, 0.717) is 33.0 Å². The van der Waals surface area contributed by atoms with Crippen LogP contribution >= 0.6 is 15.9 Å². The number of nitrogens with zero attached hydrogens (tertiary/aromatic N) is 1. The lowest BCUT2D eigenvalue weighted by molar-refractivity contribution is -0.122.